The number of anilines is 4. The molecule has 1 saturated heterocycles. The molecular formula is C51H60F2N12O16. The van der Waals surface area contributed by atoms with Crippen LogP contribution in [0, 0.1) is 0 Å². The zero-order valence-electron chi connectivity index (χ0n) is 42.9. The van der Waals surface area contributed by atoms with Crippen molar-refractivity contribution in [2.24, 2.45) is 0 Å². The fourth-order valence-electron chi connectivity index (χ4n) is 8.56. The van der Waals surface area contributed by atoms with Crippen molar-refractivity contribution in [1.29, 1.82) is 0 Å². The number of rotatable bonds is 23. The third kappa shape index (κ3) is 14.9. The lowest BCUT2D eigenvalue weighted by atomic mass is 9.81. The van der Waals surface area contributed by atoms with E-state index < -0.39 is 77.7 Å². The number of benzene rings is 3. The standard InChI is InChI=1S/C22H28N4O6.C20H21N5O6.C9H11F2N3O4/c27-11-9-23-5-7-25-13-1-2-14(26-8-6-24-10-12-28)18-17(13)21(31)19-15(29)3-4-16(30)20(19)22(18)32;21-20-24-16-15(18(29)25-20)12(9-22-16)6-3-10-1-4-11(5-2-10)17(28)23-13(19(30)31)7-8-14(26)27;10-9(11)6(16)4(3-15)18-7(9)14-2-1-5(12)13-8(14)17/h1-4,23-30H,5-12H2;1-2,4-5,9,13H,3,6-8H2,(H,23,28)(H,26,27)(H,30,31)(H4,21,22,24,25,29);1-2,4,6-7,15-16H,3H2,(H2,12,13,17)/t;13-;4-,6-,7-/m.01/s1. The number of aromatic hydroxyl groups is 2. The molecule has 3 aromatic heterocycles. The van der Waals surface area contributed by atoms with Crippen molar-refractivity contribution in [2.75, 3.05) is 81.2 Å². The van der Waals surface area contributed by atoms with Crippen LogP contribution in [0.3, 0.4) is 0 Å². The maximum atomic E-state index is 13.7. The second-order valence-electron chi connectivity index (χ2n) is 18.1. The van der Waals surface area contributed by atoms with Crippen LogP contribution < -0.4 is 49.3 Å². The molecule has 28 nitrogen and oxygen atoms in total. The van der Waals surface area contributed by atoms with Gasteiger partial charge in [-0.25, -0.2) is 9.59 Å². The number of phenols is 2. The minimum atomic E-state index is -3.71. The Morgan fingerprint density at radius 2 is 1.35 bits per heavy atom. The molecule has 1 aliphatic heterocycles. The number of ether oxygens (including phenoxy) is 1. The molecule has 1 fully saturated rings. The lowest BCUT2D eigenvalue weighted by molar-refractivity contribution is -0.141. The number of carboxylic acid groups (broad SMARTS) is 2. The molecule has 1 amide bonds. The summed E-state index contributed by atoms with van der Waals surface area (Å²) in [6.07, 6.45) is -2.40. The van der Waals surface area contributed by atoms with Crippen LogP contribution in [0.15, 0.2) is 76.6 Å². The molecule has 0 spiro atoms. The van der Waals surface area contributed by atoms with Gasteiger partial charge in [0.25, 0.3) is 11.5 Å². The van der Waals surface area contributed by atoms with E-state index in [1.807, 2.05) is 0 Å². The molecule has 4 heterocycles. The summed E-state index contributed by atoms with van der Waals surface area (Å²) >= 11 is 0. The Kier molecular flexibility index (Phi) is 21.0. The molecular weight excluding hydrogens is 1070 g/mol. The molecule has 434 valence electrons. The number of halogens is 2. The number of aryl methyl sites for hydroxylation is 2. The maximum Gasteiger partial charge on any atom is 0.351 e. The van der Waals surface area contributed by atoms with Crippen LogP contribution in [0.4, 0.5) is 31.9 Å². The fourth-order valence-corrected chi connectivity index (χ4v) is 8.56. The number of hydrogen-bond acceptors (Lipinski definition) is 22. The summed E-state index contributed by atoms with van der Waals surface area (Å²) in [7, 11) is 0. The highest BCUT2D eigenvalue weighted by Crippen LogP contribution is 2.43. The number of nitrogens with zero attached hydrogens (tertiary/aromatic N) is 3. The number of carbonyl (C=O) groups excluding carboxylic acids is 3. The molecule has 6 aromatic rings. The highest BCUT2D eigenvalue weighted by atomic mass is 19.3. The van der Waals surface area contributed by atoms with E-state index in [0.717, 1.165) is 23.4 Å². The van der Waals surface area contributed by atoms with Gasteiger partial charge in [0.15, 0.2) is 6.10 Å². The Labute approximate surface area is 456 Å². The van der Waals surface area contributed by atoms with E-state index >= 15 is 0 Å². The first-order chi connectivity index (χ1) is 38.6. The molecule has 81 heavy (non-hydrogen) atoms. The van der Waals surface area contributed by atoms with Crippen molar-refractivity contribution in [3.05, 3.63) is 127 Å². The third-order valence-corrected chi connectivity index (χ3v) is 12.6. The molecule has 3 aromatic carbocycles. The van der Waals surface area contributed by atoms with E-state index in [2.05, 4.69) is 46.5 Å². The van der Waals surface area contributed by atoms with Gasteiger partial charge in [-0.1, -0.05) is 12.1 Å². The van der Waals surface area contributed by atoms with Crippen LogP contribution in [0.1, 0.15) is 72.4 Å². The summed E-state index contributed by atoms with van der Waals surface area (Å²) in [6.45, 7) is 2.02. The van der Waals surface area contributed by atoms with Crippen LogP contribution in [0.2, 0.25) is 0 Å². The fraction of sp³-hybridized carbons (Fsp3) is 0.353. The summed E-state index contributed by atoms with van der Waals surface area (Å²) < 4.78 is 32.7. The van der Waals surface area contributed by atoms with Crippen LogP contribution in [-0.2, 0) is 27.2 Å². The second kappa shape index (κ2) is 27.8. The van der Waals surface area contributed by atoms with Gasteiger partial charge in [-0.3, -0.25) is 28.5 Å². The largest absolute Gasteiger partial charge is 0.507 e. The Balaban J connectivity index is 0.000000203. The minimum Gasteiger partial charge on any atom is -0.507 e. The van der Waals surface area contributed by atoms with Gasteiger partial charge in [-0.05, 0) is 72.9 Å². The Hall–Kier alpha value is -8.91. The summed E-state index contributed by atoms with van der Waals surface area (Å²) in [5, 5.41) is 89.3. The maximum absolute atomic E-state index is 13.7. The number of alkyl halides is 2. The first-order valence-electron chi connectivity index (χ1n) is 24.9. The Bertz CT molecular complexity index is 3280. The number of nitrogens with one attached hydrogen (secondary N) is 7. The molecule has 2 aliphatic rings. The van der Waals surface area contributed by atoms with Crippen LogP contribution in [0.5, 0.6) is 11.5 Å². The van der Waals surface area contributed by atoms with Gasteiger partial charge in [0, 0.05) is 75.0 Å². The number of carboxylic acids is 2. The van der Waals surface area contributed by atoms with Crippen molar-refractivity contribution in [3.8, 4) is 11.5 Å². The average Bonchev–Trinajstić information content (AvgIpc) is 3.97. The predicted octanol–water partition coefficient (Wildman–Crippen LogP) is -0.761. The molecule has 0 bridgehead atoms. The SMILES string of the molecule is Nc1ccn([C@@H]2O[C@H](CO)[C@@H](O)C2(F)F)c(=O)n1.Nc1nc(=O)c2c(CCc3ccc(C(=O)N[C@@H](CCC(=O)O)C(=O)O)cc3)c[nH]c2[nH]1.O=C1c2c(O)ccc(O)c2C(=O)c2c(NCCNCCO)ccc(NCCNCCO)c21. The predicted molar refractivity (Wildman–Crippen MR) is 286 cm³/mol. The second-order valence-corrected chi connectivity index (χ2v) is 18.1. The summed E-state index contributed by atoms with van der Waals surface area (Å²) in [5.74, 6) is -8.69. The van der Waals surface area contributed by atoms with Crippen molar-refractivity contribution < 1.29 is 78.3 Å². The molecule has 0 saturated carbocycles. The highest BCUT2D eigenvalue weighted by Gasteiger charge is 2.59. The topological polar surface area (TPSA) is 465 Å². The first kappa shape index (κ1) is 61.3. The van der Waals surface area contributed by atoms with Gasteiger partial charge in [0.05, 0.1) is 47.5 Å². The highest BCUT2D eigenvalue weighted by molar-refractivity contribution is 6.33. The van der Waals surface area contributed by atoms with Crippen molar-refractivity contribution in [1.82, 2.24) is 40.5 Å². The summed E-state index contributed by atoms with van der Waals surface area (Å²) in [5.41, 5.74) is 12.5. The number of fused-ring (bicyclic) bond motifs is 3. The van der Waals surface area contributed by atoms with Gasteiger partial charge >= 0.3 is 23.6 Å². The summed E-state index contributed by atoms with van der Waals surface area (Å²) in [4.78, 5) is 97.2. The number of aliphatic carboxylic acids is 2. The third-order valence-electron chi connectivity index (χ3n) is 12.6. The molecule has 0 radical (unpaired) electrons. The van der Waals surface area contributed by atoms with Crippen LogP contribution >= 0.6 is 0 Å². The number of ketones is 2. The minimum absolute atomic E-state index is 0.00939. The van der Waals surface area contributed by atoms with E-state index in [-0.39, 0.29) is 77.1 Å². The normalized spacial score (nSPS) is 16.2. The Morgan fingerprint density at radius 1 is 0.765 bits per heavy atom. The van der Waals surface area contributed by atoms with Crippen molar-refractivity contribution in [2.45, 2.75) is 56.1 Å². The number of nitrogen functional groups attached to an aromatic ring is 2. The lowest BCUT2D eigenvalue weighted by Gasteiger charge is -2.25. The average molecular weight is 1140 g/mol. The lowest BCUT2D eigenvalue weighted by Crippen LogP contribution is -2.41. The van der Waals surface area contributed by atoms with Crippen molar-refractivity contribution in [3.63, 3.8) is 0 Å². The monoisotopic (exact) mass is 1130 g/mol. The van der Waals surface area contributed by atoms with Gasteiger partial charge in [-0.15, -0.1) is 0 Å². The molecule has 0 unspecified atom stereocenters. The van der Waals surface area contributed by atoms with E-state index in [0.29, 0.717) is 79.1 Å². The Morgan fingerprint density at radius 3 is 1.85 bits per heavy atom. The van der Waals surface area contributed by atoms with Gasteiger partial charge < -0.3 is 93.6 Å². The number of aromatic nitrogens is 5. The van der Waals surface area contributed by atoms with Crippen molar-refractivity contribution >= 4 is 63.6 Å². The smallest absolute Gasteiger partial charge is 0.351 e. The van der Waals surface area contributed by atoms with Crippen LogP contribution in [-0.4, -0.2) is 178 Å². The number of aliphatic hydroxyl groups excluding tert-OH is 4. The number of aliphatic hydroxyl groups is 4. The molecule has 30 heteroatoms. The van der Waals surface area contributed by atoms with Gasteiger partial charge in [-0.2, -0.15) is 18.7 Å². The summed E-state index contributed by atoms with van der Waals surface area (Å²) in [6, 6.07) is 12.2. The molecule has 1 aliphatic carbocycles. The number of nitrogens with two attached hydrogens (primary N) is 2. The molecule has 19 N–H and O–H groups in total. The zero-order valence-corrected chi connectivity index (χ0v) is 42.9. The first-order valence-corrected chi connectivity index (χ1v) is 24.9. The van der Waals surface area contributed by atoms with Gasteiger partial charge in [0.1, 0.15) is 35.1 Å². The quantitative estimate of drug-likeness (QED) is 0.0276. The number of aromatic amines is 2. The number of carbonyl (C=O) groups is 5. The number of H-pyrrole nitrogens is 2. The van der Waals surface area contributed by atoms with Gasteiger partial charge in [0.2, 0.25) is 23.7 Å². The molecule has 4 atom stereocenters. The molecule has 8 rings (SSSR count). The van der Waals surface area contributed by atoms with E-state index in [1.54, 1.807) is 42.6 Å². The number of hydrogen-bond donors (Lipinski definition) is 17. The number of phenolic OH excluding ortho intramolecular Hbond substituents is 2. The number of amides is 1. The van der Waals surface area contributed by atoms with E-state index in [1.165, 1.54) is 12.1 Å². The van der Waals surface area contributed by atoms with E-state index in [9.17, 15) is 57.7 Å². The van der Waals surface area contributed by atoms with Crippen LogP contribution in [0.25, 0.3) is 11.0 Å². The zero-order chi connectivity index (χ0) is 59.1. The van der Waals surface area contributed by atoms with E-state index in [4.69, 9.17) is 41.7 Å².